The molecule has 356 valence electrons. The van der Waals surface area contributed by atoms with Crippen LogP contribution in [0.4, 0.5) is 68.2 Å². The van der Waals surface area contributed by atoms with Crippen molar-refractivity contribution in [2.24, 2.45) is 0 Å². The van der Waals surface area contributed by atoms with Crippen LogP contribution in [0.3, 0.4) is 0 Å². The largest absolute Gasteiger partial charge is 0.311 e. The molecule has 0 N–H and O–H groups in total. The van der Waals surface area contributed by atoms with Gasteiger partial charge in [0.15, 0.2) is 0 Å². The fourth-order valence-corrected chi connectivity index (χ4v) is 13.5. The van der Waals surface area contributed by atoms with Crippen LogP contribution in [0.25, 0.3) is 27.5 Å². The van der Waals surface area contributed by atoms with Crippen molar-refractivity contribution in [1.82, 2.24) is 4.57 Å². The lowest BCUT2D eigenvalue weighted by Crippen LogP contribution is -2.61. The van der Waals surface area contributed by atoms with Crippen LogP contribution < -0.4 is 52.4 Å². The lowest BCUT2D eigenvalue weighted by atomic mass is 9.33. The van der Waals surface area contributed by atoms with Crippen LogP contribution in [0.2, 0.25) is 0 Å². The summed E-state index contributed by atoms with van der Waals surface area (Å²) in [6, 6.07) is 95.3. The zero-order valence-corrected chi connectivity index (χ0v) is 42.2. The molecular weight excluding hydrogens is 920 g/mol. The van der Waals surface area contributed by atoms with E-state index in [2.05, 4.69) is 293 Å². The number of hydrogen-bond donors (Lipinski definition) is 0. The van der Waals surface area contributed by atoms with E-state index in [-0.39, 0.29) is 13.4 Å². The summed E-state index contributed by atoms with van der Waals surface area (Å²) in [5, 5.41) is 2.48. The summed E-state index contributed by atoms with van der Waals surface area (Å²) in [5.74, 6) is 0.410. The monoisotopic (exact) mass is 969 g/mol. The van der Waals surface area contributed by atoms with Crippen LogP contribution in [0.15, 0.2) is 255 Å². The molecule has 5 heterocycles. The molecule has 4 aliphatic rings. The number of benzene rings is 11. The number of hydrogen-bond acceptors (Lipinski definition) is 4. The summed E-state index contributed by atoms with van der Waals surface area (Å²) in [6.45, 7) is 4.50. The fourth-order valence-electron chi connectivity index (χ4n) is 13.5. The van der Waals surface area contributed by atoms with Crippen LogP contribution in [0.1, 0.15) is 25.3 Å². The first-order chi connectivity index (χ1) is 37.6. The van der Waals surface area contributed by atoms with Crippen molar-refractivity contribution in [3.8, 4) is 5.69 Å². The van der Waals surface area contributed by atoms with Crippen molar-refractivity contribution in [2.45, 2.75) is 19.8 Å². The van der Waals surface area contributed by atoms with Crippen LogP contribution in [-0.4, -0.2) is 18.0 Å². The van der Waals surface area contributed by atoms with Crippen LogP contribution in [0, 0.1) is 0 Å². The van der Waals surface area contributed by atoms with Crippen molar-refractivity contribution in [1.29, 1.82) is 0 Å². The van der Waals surface area contributed by atoms with E-state index in [1.165, 1.54) is 106 Å². The number of fused-ring (bicyclic) bond motifs is 11. The Labute approximate surface area is 443 Å². The average Bonchev–Trinajstić information content (AvgIpc) is 3.98. The smallest absolute Gasteiger partial charge is 0.252 e. The Kier molecular flexibility index (Phi) is 9.35. The molecule has 0 saturated heterocycles. The van der Waals surface area contributed by atoms with E-state index >= 15 is 0 Å². The second-order valence-corrected chi connectivity index (χ2v) is 21.0. The summed E-state index contributed by atoms with van der Waals surface area (Å²) in [7, 11) is 0. The van der Waals surface area contributed by atoms with Gasteiger partial charge in [-0.05, 0) is 153 Å². The van der Waals surface area contributed by atoms with E-state index in [4.69, 9.17) is 0 Å². The first kappa shape index (κ1) is 43.0. The number of aromatic nitrogens is 1. The zero-order chi connectivity index (χ0) is 50.2. The second kappa shape index (κ2) is 16.5. The van der Waals surface area contributed by atoms with E-state index in [0.717, 1.165) is 28.4 Å². The van der Waals surface area contributed by atoms with Gasteiger partial charge < -0.3 is 24.2 Å². The molecule has 76 heavy (non-hydrogen) atoms. The van der Waals surface area contributed by atoms with Crippen LogP contribution >= 0.6 is 0 Å². The molecule has 0 bridgehead atoms. The molecule has 0 atom stereocenters. The molecule has 4 aliphatic heterocycles. The molecule has 0 fully saturated rings. The van der Waals surface area contributed by atoms with Gasteiger partial charge >= 0.3 is 0 Å². The Morgan fingerprint density at radius 1 is 0.276 bits per heavy atom. The van der Waals surface area contributed by atoms with Gasteiger partial charge in [0.05, 0.1) is 11.0 Å². The van der Waals surface area contributed by atoms with Crippen molar-refractivity contribution in [3.63, 3.8) is 0 Å². The maximum Gasteiger partial charge on any atom is 0.252 e. The van der Waals surface area contributed by atoms with Crippen LogP contribution in [0.5, 0.6) is 0 Å². The third-order valence-corrected chi connectivity index (χ3v) is 16.7. The Bertz CT molecular complexity index is 4040. The van der Waals surface area contributed by atoms with Gasteiger partial charge in [0.1, 0.15) is 0 Å². The summed E-state index contributed by atoms with van der Waals surface area (Å²) >= 11 is 0. The zero-order valence-electron chi connectivity index (χ0n) is 42.2. The standard InChI is InChI=1S/C69H49B2N5/c1-45(2)46-37-39-51(40-38-46)76-64-43-66-56(70-54-29-15-17-31-58(54)72(47-21-7-3-8-22-47)60-33-19-35-62(68(60)70)74(66)49-25-11-5-12-26-49)41-52(64)53-42-57-67(44-65(53)76)75(50-27-13-6-14-28-50)63-36-20-34-61-69(63)71(57)55-30-16-18-32-59(55)73(61)48-23-9-4-10-24-48/h3-45H,1-2H3. The van der Waals surface area contributed by atoms with Gasteiger partial charge in [-0.25, -0.2) is 0 Å². The highest BCUT2D eigenvalue weighted by molar-refractivity contribution is 7.01. The molecule has 0 radical (unpaired) electrons. The molecule has 5 nitrogen and oxygen atoms in total. The lowest BCUT2D eigenvalue weighted by molar-refractivity contribution is 0.866. The van der Waals surface area contributed by atoms with Crippen molar-refractivity contribution in [3.05, 3.63) is 260 Å². The minimum atomic E-state index is -0.0275. The summed E-state index contributed by atoms with van der Waals surface area (Å²) in [6.07, 6.45) is 0. The predicted octanol–water partition coefficient (Wildman–Crippen LogP) is 14.1. The Morgan fingerprint density at radius 3 is 0.974 bits per heavy atom. The third-order valence-electron chi connectivity index (χ3n) is 16.7. The van der Waals surface area contributed by atoms with Gasteiger partial charge in [-0.1, -0.05) is 159 Å². The van der Waals surface area contributed by atoms with Gasteiger partial charge in [-0.15, -0.1) is 0 Å². The quantitative estimate of drug-likeness (QED) is 0.154. The normalized spacial score (nSPS) is 13.6. The molecule has 0 spiro atoms. The Morgan fingerprint density at radius 2 is 0.605 bits per heavy atom. The van der Waals surface area contributed by atoms with Gasteiger partial charge in [0.2, 0.25) is 0 Å². The Balaban J connectivity index is 1.03. The van der Waals surface area contributed by atoms with E-state index in [1.807, 2.05) is 0 Å². The Hall–Kier alpha value is -9.45. The first-order valence-corrected chi connectivity index (χ1v) is 26.7. The third kappa shape index (κ3) is 6.11. The van der Waals surface area contributed by atoms with E-state index in [9.17, 15) is 0 Å². The molecule has 16 rings (SSSR count). The molecule has 0 amide bonds. The van der Waals surface area contributed by atoms with Crippen molar-refractivity contribution < 1.29 is 0 Å². The van der Waals surface area contributed by atoms with Gasteiger partial charge in [0.25, 0.3) is 13.4 Å². The average molecular weight is 970 g/mol. The predicted molar refractivity (Wildman–Crippen MR) is 323 cm³/mol. The van der Waals surface area contributed by atoms with Crippen LogP contribution in [-0.2, 0) is 0 Å². The number of nitrogens with zero attached hydrogens (tertiary/aromatic N) is 5. The maximum atomic E-state index is 2.58. The minimum Gasteiger partial charge on any atom is -0.311 e. The fraction of sp³-hybridized carbons (Fsp3) is 0.0435. The molecule has 0 aliphatic carbocycles. The summed E-state index contributed by atoms with van der Waals surface area (Å²) in [5.41, 5.74) is 26.8. The number of rotatable bonds is 6. The molecule has 11 aromatic carbocycles. The summed E-state index contributed by atoms with van der Waals surface area (Å²) < 4.78 is 2.55. The molecule has 0 unspecified atom stereocenters. The summed E-state index contributed by atoms with van der Waals surface area (Å²) in [4.78, 5) is 10.0. The first-order valence-electron chi connectivity index (χ1n) is 26.7. The highest BCUT2D eigenvalue weighted by Crippen LogP contribution is 2.49. The SMILES string of the molecule is CC(C)c1ccc(-n2c3cc4c(cc3c3cc5c(cc32)N(c2ccccc2)c2cccc3c2B5c2ccccc2N3c2ccccc2)B2c3ccccc3N(c3ccccc3)c3cccc(c32)N4c2ccccc2)cc1. The van der Waals surface area contributed by atoms with Gasteiger partial charge in [-0.3, -0.25) is 0 Å². The molecule has 12 aromatic rings. The number of para-hydroxylation sites is 6. The van der Waals surface area contributed by atoms with Gasteiger partial charge in [0, 0.05) is 84.7 Å². The number of anilines is 12. The van der Waals surface area contributed by atoms with E-state index in [1.54, 1.807) is 0 Å². The van der Waals surface area contributed by atoms with E-state index < -0.39 is 0 Å². The second-order valence-electron chi connectivity index (χ2n) is 21.0. The van der Waals surface area contributed by atoms with Crippen molar-refractivity contribution >= 4 is 136 Å². The highest BCUT2D eigenvalue weighted by Gasteiger charge is 2.46. The lowest BCUT2D eigenvalue weighted by Gasteiger charge is -2.44. The maximum absolute atomic E-state index is 2.58. The molecular formula is C69H49B2N5. The van der Waals surface area contributed by atoms with Crippen molar-refractivity contribution in [2.75, 3.05) is 19.6 Å². The van der Waals surface area contributed by atoms with E-state index in [0.29, 0.717) is 5.92 Å². The topological polar surface area (TPSA) is 17.9 Å². The molecule has 7 heteroatoms. The van der Waals surface area contributed by atoms with Gasteiger partial charge in [-0.2, -0.15) is 0 Å². The molecule has 0 saturated carbocycles. The minimum absolute atomic E-state index is 0.0275. The highest BCUT2D eigenvalue weighted by atomic mass is 15.2. The molecule has 1 aromatic heterocycles.